The summed E-state index contributed by atoms with van der Waals surface area (Å²) in [5.41, 5.74) is 1.48. The Bertz CT molecular complexity index is 926. The van der Waals surface area contributed by atoms with Crippen molar-refractivity contribution in [3.05, 3.63) is 65.1 Å². The van der Waals surface area contributed by atoms with Gasteiger partial charge in [-0.05, 0) is 24.5 Å². The Morgan fingerprint density at radius 1 is 1.15 bits per heavy atom. The second-order valence-electron chi connectivity index (χ2n) is 6.92. The topological polar surface area (TPSA) is 64.7 Å². The molecule has 6 nitrogen and oxygen atoms in total. The highest BCUT2D eigenvalue weighted by molar-refractivity contribution is 6.31. The van der Waals surface area contributed by atoms with E-state index in [9.17, 15) is 4.79 Å². The van der Waals surface area contributed by atoms with Gasteiger partial charge in [-0.2, -0.15) is 10.2 Å². The van der Waals surface area contributed by atoms with Crippen molar-refractivity contribution >= 4 is 23.3 Å². The molecule has 0 unspecified atom stereocenters. The minimum absolute atomic E-state index is 0.182. The molecule has 7 heteroatoms. The minimum Gasteiger partial charge on any atom is -0.307 e. The molecule has 0 spiro atoms. The maximum absolute atomic E-state index is 12.6. The number of hydrogen-bond donors (Lipinski definition) is 1. The van der Waals surface area contributed by atoms with Gasteiger partial charge in [0.2, 0.25) is 0 Å². The van der Waals surface area contributed by atoms with Crippen LogP contribution >= 0.6 is 11.6 Å². The molecule has 3 aromatic rings. The highest BCUT2D eigenvalue weighted by atomic mass is 35.5. The maximum atomic E-state index is 12.6. The van der Waals surface area contributed by atoms with E-state index in [1.54, 1.807) is 23.3 Å². The van der Waals surface area contributed by atoms with E-state index in [-0.39, 0.29) is 5.91 Å². The molecule has 1 amide bonds. The molecule has 140 valence electrons. The van der Waals surface area contributed by atoms with Crippen molar-refractivity contribution in [3.63, 3.8) is 0 Å². The van der Waals surface area contributed by atoms with Gasteiger partial charge in [0, 0.05) is 17.3 Å². The number of nitrogens with zero attached hydrogens (tertiary/aromatic N) is 4. The average molecular weight is 384 g/mol. The van der Waals surface area contributed by atoms with Crippen LogP contribution in [0.5, 0.6) is 0 Å². The number of anilines is 1. The average Bonchev–Trinajstić information content (AvgIpc) is 3.34. The molecule has 2 heterocycles. The van der Waals surface area contributed by atoms with Crippen molar-refractivity contribution in [1.29, 1.82) is 0 Å². The van der Waals surface area contributed by atoms with E-state index < -0.39 is 0 Å². The monoisotopic (exact) mass is 383 g/mol. The Balaban J connectivity index is 1.45. The Morgan fingerprint density at radius 3 is 2.78 bits per heavy atom. The van der Waals surface area contributed by atoms with Crippen molar-refractivity contribution in [2.75, 3.05) is 5.32 Å². The Kier molecular flexibility index (Phi) is 5.25. The number of aromatic nitrogens is 4. The number of benzene rings is 1. The fraction of sp³-hybridized carbons (Fsp3) is 0.350. The van der Waals surface area contributed by atoms with Crippen LogP contribution in [-0.2, 0) is 6.54 Å². The van der Waals surface area contributed by atoms with Gasteiger partial charge in [-0.3, -0.25) is 9.48 Å². The van der Waals surface area contributed by atoms with E-state index in [1.165, 1.54) is 19.3 Å². The third-order valence-corrected chi connectivity index (χ3v) is 5.39. The first-order valence-corrected chi connectivity index (χ1v) is 9.69. The third kappa shape index (κ3) is 4.06. The van der Waals surface area contributed by atoms with Gasteiger partial charge in [-0.25, -0.2) is 4.68 Å². The lowest BCUT2D eigenvalue weighted by atomic mass is 9.96. The molecule has 0 atom stereocenters. The fourth-order valence-electron chi connectivity index (χ4n) is 3.59. The number of carbonyl (C=O) groups excluding carboxylic acids is 1. The van der Waals surface area contributed by atoms with Gasteiger partial charge in [-0.1, -0.05) is 49.1 Å². The predicted octanol–water partition coefficient (Wildman–Crippen LogP) is 4.54. The summed E-state index contributed by atoms with van der Waals surface area (Å²) in [4.78, 5) is 12.6. The second-order valence-corrected chi connectivity index (χ2v) is 7.33. The highest BCUT2D eigenvalue weighted by Crippen LogP contribution is 2.30. The first-order chi connectivity index (χ1) is 13.2. The standard InChI is InChI=1S/C20H22ClN5O/c21-18-9-5-4-6-15(18)13-25-14-16(12-23-25)20(27)24-19-10-11-22-26(19)17-7-2-1-3-8-17/h4-6,9-12,14,17H,1-3,7-8,13H2,(H,24,27). The molecule has 0 bridgehead atoms. The molecule has 27 heavy (non-hydrogen) atoms. The Labute approximate surface area is 163 Å². The van der Waals surface area contributed by atoms with E-state index in [4.69, 9.17) is 11.6 Å². The summed E-state index contributed by atoms with van der Waals surface area (Å²) in [6.07, 6.45) is 11.0. The zero-order valence-electron chi connectivity index (χ0n) is 15.0. The molecule has 2 aromatic heterocycles. The number of hydrogen-bond acceptors (Lipinski definition) is 3. The van der Waals surface area contributed by atoms with Crippen LogP contribution in [-0.4, -0.2) is 25.5 Å². The number of carbonyl (C=O) groups is 1. The van der Waals surface area contributed by atoms with Crippen molar-refractivity contribution in [1.82, 2.24) is 19.6 Å². The number of rotatable bonds is 5. The van der Waals surface area contributed by atoms with E-state index >= 15 is 0 Å². The summed E-state index contributed by atoms with van der Waals surface area (Å²) in [6, 6.07) is 9.84. The molecular weight excluding hydrogens is 362 g/mol. The summed E-state index contributed by atoms with van der Waals surface area (Å²) < 4.78 is 3.67. The predicted molar refractivity (Wildman–Crippen MR) is 105 cm³/mol. The van der Waals surface area contributed by atoms with Crippen LogP contribution in [0.3, 0.4) is 0 Å². The van der Waals surface area contributed by atoms with Crippen LogP contribution in [0.1, 0.15) is 54.1 Å². The molecule has 0 saturated heterocycles. The van der Waals surface area contributed by atoms with Crippen LogP contribution in [0.25, 0.3) is 0 Å². The summed E-state index contributed by atoms with van der Waals surface area (Å²) in [7, 11) is 0. The van der Waals surface area contributed by atoms with Gasteiger partial charge in [0.05, 0.1) is 30.5 Å². The normalized spacial score (nSPS) is 15.0. The molecule has 1 aromatic carbocycles. The van der Waals surface area contributed by atoms with Gasteiger partial charge in [0.1, 0.15) is 5.82 Å². The van der Waals surface area contributed by atoms with E-state index in [0.717, 1.165) is 24.2 Å². The molecule has 1 aliphatic carbocycles. The number of amides is 1. The summed E-state index contributed by atoms with van der Waals surface area (Å²) >= 11 is 6.20. The lowest BCUT2D eigenvalue weighted by Gasteiger charge is -2.23. The van der Waals surface area contributed by atoms with Gasteiger partial charge in [-0.15, -0.1) is 0 Å². The maximum Gasteiger partial charge on any atom is 0.259 e. The zero-order valence-corrected chi connectivity index (χ0v) is 15.8. The number of halogens is 1. The summed E-state index contributed by atoms with van der Waals surface area (Å²) in [5, 5.41) is 12.4. The smallest absolute Gasteiger partial charge is 0.259 e. The van der Waals surface area contributed by atoms with Crippen LogP contribution < -0.4 is 5.32 Å². The van der Waals surface area contributed by atoms with E-state index in [2.05, 4.69) is 15.5 Å². The SMILES string of the molecule is O=C(Nc1ccnn1C1CCCCC1)c1cnn(Cc2ccccc2Cl)c1. The van der Waals surface area contributed by atoms with Gasteiger partial charge < -0.3 is 5.32 Å². The molecule has 0 aliphatic heterocycles. The van der Waals surface area contributed by atoms with Crippen LogP contribution in [0.15, 0.2) is 48.9 Å². The van der Waals surface area contributed by atoms with Crippen molar-refractivity contribution in [2.45, 2.75) is 44.7 Å². The molecular formula is C20H22ClN5O. The largest absolute Gasteiger partial charge is 0.307 e. The van der Waals surface area contributed by atoms with Crippen LogP contribution in [0.4, 0.5) is 5.82 Å². The summed E-state index contributed by atoms with van der Waals surface area (Å²) in [6.45, 7) is 0.521. The van der Waals surface area contributed by atoms with Crippen molar-refractivity contribution < 1.29 is 4.79 Å². The van der Waals surface area contributed by atoms with Crippen molar-refractivity contribution in [2.24, 2.45) is 0 Å². The first-order valence-electron chi connectivity index (χ1n) is 9.31. The minimum atomic E-state index is -0.182. The molecule has 4 rings (SSSR count). The zero-order chi connectivity index (χ0) is 18.6. The van der Waals surface area contributed by atoms with E-state index in [0.29, 0.717) is 23.2 Å². The molecule has 0 radical (unpaired) electrons. The summed E-state index contributed by atoms with van der Waals surface area (Å²) in [5.74, 6) is 0.559. The molecule has 1 N–H and O–H groups in total. The van der Waals surface area contributed by atoms with Crippen molar-refractivity contribution in [3.8, 4) is 0 Å². The highest BCUT2D eigenvalue weighted by Gasteiger charge is 2.20. The van der Waals surface area contributed by atoms with Gasteiger partial charge in [0.25, 0.3) is 5.91 Å². The van der Waals surface area contributed by atoms with E-state index in [1.807, 2.05) is 35.0 Å². The van der Waals surface area contributed by atoms with Gasteiger partial charge in [0.15, 0.2) is 0 Å². The van der Waals surface area contributed by atoms with Crippen LogP contribution in [0, 0.1) is 0 Å². The number of nitrogens with one attached hydrogen (secondary N) is 1. The van der Waals surface area contributed by atoms with Gasteiger partial charge >= 0.3 is 0 Å². The first kappa shape index (κ1) is 17.8. The lowest BCUT2D eigenvalue weighted by molar-refractivity contribution is 0.102. The quantitative estimate of drug-likeness (QED) is 0.703. The Morgan fingerprint density at radius 2 is 1.96 bits per heavy atom. The molecule has 1 aliphatic rings. The fourth-order valence-corrected chi connectivity index (χ4v) is 3.78. The second kappa shape index (κ2) is 7.96. The van der Waals surface area contributed by atoms with Crippen LogP contribution in [0.2, 0.25) is 5.02 Å². The molecule has 1 saturated carbocycles. The third-order valence-electron chi connectivity index (χ3n) is 5.02. The lowest BCUT2D eigenvalue weighted by Crippen LogP contribution is -2.20. The Hall–Kier alpha value is -2.60. The molecule has 1 fully saturated rings.